The first-order chi connectivity index (χ1) is 11.2. The number of rotatable bonds is 3. The van der Waals surface area contributed by atoms with Crippen molar-refractivity contribution in [1.29, 1.82) is 0 Å². The van der Waals surface area contributed by atoms with Gasteiger partial charge in [0.1, 0.15) is 5.82 Å². The van der Waals surface area contributed by atoms with Crippen molar-refractivity contribution in [3.63, 3.8) is 0 Å². The van der Waals surface area contributed by atoms with Crippen molar-refractivity contribution in [2.24, 2.45) is 10.9 Å². The standard InChI is InChI=1S/C18H19FN2OS/c1-2-10-21-15-9-8-14(19)12-16(15)23-18(21)20-17(22)11-13-6-4-3-5-7-13/h1,8-9,12-13H,3-7,10-11H2. The van der Waals surface area contributed by atoms with Crippen LogP contribution in [0.3, 0.4) is 0 Å². The van der Waals surface area contributed by atoms with Crippen molar-refractivity contribution in [2.45, 2.75) is 45.1 Å². The quantitative estimate of drug-likeness (QED) is 0.787. The van der Waals surface area contributed by atoms with Crippen molar-refractivity contribution < 1.29 is 9.18 Å². The maximum atomic E-state index is 13.4. The van der Waals surface area contributed by atoms with Gasteiger partial charge in [0.15, 0.2) is 4.80 Å². The molecule has 23 heavy (non-hydrogen) atoms. The third kappa shape index (κ3) is 3.70. The molecule has 0 unspecified atom stereocenters. The topological polar surface area (TPSA) is 34.4 Å². The third-order valence-electron chi connectivity index (χ3n) is 4.30. The lowest BCUT2D eigenvalue weighted by Gasteiger charge is -2.19. The van der Waals surface area contributed by atoms with Crippen LogP contribution in [0.2, 0.25) is 0 Å². The molecule has 0 saturated heterocycles. The van der Waals surface area contributed by atoms with E-state index in [9.17, 15) is 9.18 Å². The predicted molar refractivity (Wildman–Crippen MR) is 90.4 cm³/mol. The van der Waals surface area contributed by atoms with Crippen molar-refractivity contribution in [3.05, 3.63) is 28.8 Å². The molecule has 1 fully saturated rings. The fourth-order valence-corrected chi connectivity index (χ4v) is 4.24. The van der Waals surface area contributed by atoms with Gasteiger partial charge in [-0.05, 0) is 37.0 Å². The fraction of sp³-hybridized carbons (Fsp3) is 0.444. The molecular formula is C18H19FN2OS. The zero-order chi connectivity index (χ0) is 16.2. The second kappa shape index (κ2) is 7.10. The Kier molecular flexibility index (Phi) is 4.92. The van der Waals surface area contributed by atoms with E-state index in [0.717, 1.165) is 23.1 Å². The van der Waals surface area contributed by atoms with Gasteiger partial charge in [-0.1, -0.05) is 36.5 Å². The number of terminal acetylenes is 1. The number of hydrogen-bond donors (Lipinski definition) is 0. The number of carbonyl (C=O) groups excluding carboxylic acids is 1. The van der Waals surface area contributed by atoms with Crippen LogP contribution in [0, 0.1) is 24.1 Å². The number of amides is 1. The molecule has 0 radical (unpaired) electrons. The van der Waals surface area contributed by atoms with Crippen molar-refractivity contribution in [2.75, 3.05) is 0 Å². The SMILES string of the molecule is C#CCn1c(=NC(=O)CC2CCCCC2)sc2cc(F)ccc21. The first-order valence-corrected chi connectivity index (χ1v) is 8.79. The highest BCUT2D eigenvalue weighted by molar-refractivity contribution is 7.16. The van der Waals surface area contributed by atoms with Crippen molar-refractivity contribution in [3.8, 4) is 12.3 Å². The number of fused-ring (bicyclic) bond motifs is 1. The normalized spacial score (nSPS) is 16.6. The number of carbonyl (C=O) groups is 1. The summed E-state index contributed by atoms with van der Waals surface area (Å²) >= 11 is 1.31. The molecule has 1 amide bonds. The highest BCUT2D eigenvalue weighted by Crippen LogP contribution is 2.26. The molecule has 0 aliphatic heterocycles. The van der Waals surface area contributed by atoms with Gasteiger partial charge >= 0.3 is 0 Å². The Morgan fingerprint density at radius 3 is 2.91 bits per heavy atom. The first kappa shape index (κ1) is 15.9. The lowest BCUT2D eigenvalue weighted by molar-refractivity contribution is -0.119. The van der Waals surface area contributed by atoms with E-state index < -0.39 is 0 Å². The summed E-state index contributed by atoms with van der Waals surface area (Å²) in [5, 5.41) is 0. The van der Waals surface area contributed by atoms with Gasteiger partial charge in [0.05, 0.1) is 16.8 Å². The number of aromatic nitrogens is 1. The van der Waals surface area contributed by atoms with Gasteiger partial charge in [-0.2, -0.15) is 4.99 Å². The van der Waals surface area contributed by atoms with E-state index in [1.807, 2.05) is 0 Å². The van der Waals surface area contributed by atoms with Crippen LogP contribution < -0.4 is 4.80 Å². The molecule has 2 aromatic rings. The highest BCUT2D eigenvalue weighted by atomic mass is 32.1. The molecule has 1 aromatic carbocycles. The minimum absolute atomic E-state index is 0.102. The maximum Gasteiger partial charge on any atom is 0.248 e. The van der Waals surface area contributed by atoms with Gasteiger partial charge in [0.25, 0.3) is 0 Å². The Morgan fingerprint density at radius 1 is 1.39 bits per heavy atom. The van der Waals surface area contributed by atoms with Crippen molar-refractivity contribution in [1.82, 2.24) is 4.57 Å². The Balaban J connectivity index is 1.92. The van der Waals surface area contributed by atoms with Gasteiger partial charge in [-0.25, -0.2) is 4.39 Å². The molecule has 1 aromatic heterocycles. The molecule has 1 saturated carbocycles. The monoisotopic (exact) mass is 330 g/mol. The second-order valence-electron chi connectivity index (χ2n) is 6.00. The molecule has 5 heteroatoms. The van der Waals surface area contributed by atoms with Crippen LogP contribution in [0.4, 0.5) is 4.39 Å². The molecule has 0 bridgehead atoms. The third-order valence-corrected chi connectivity index (χ3v) is 5.34. The largest absolute Gasteiger partial charge is 0.305 e. The molecule has 1 aliphatic rings. The summed E-state index contributed by atoms with van der Waals surface area (Å²) < 4.78 is 16.0. The lowest BCUT2D eigenvalue weighted by atomic mass is 9.87. The highest BCUT2D eigenvalue weighted by Gasteiger charge is 2.17. The second-order valence-corrected chi connectivity index (χ2v) is 7.01. The summed E-state index contributed by atoms with van der Waals surface area (Å²) in [6, 6.07) is 4.54. The molecule has 1 heterocycles. The van der Waals surface area contributed by atoms with E-state index in [1.54, 1.807) is 10.6 Å². The Morgan fingerprint density at radius 2 is 2.17 bits per heavy atom. The molecule has 120 valence electrons. The van der Waals surface area contributed by atoms with E-state index in [0.29, 0.717) is 23.7 Å². The smallest absolute Gasteiger partial charge is 0.248 e. The lowest BCUT2D eigenvalue weighted by Crippen LogP contribution is -2.18. The Labute approximate surface area is 138 Å². The Bertz CT molecular complexity index is 822. The van der Waals surface area contributed by atoms with Crippen molar-refractivity contribution >= 4 is 27.5 Å². The molecule has 0 N–H and O–H groups in total. The summed E-state index contributed by atoms with van der Waals surface area (Å²) in [5.74, 6) is 2.63. The summed E-state index contributed by atoms with van der Waals surface area (Å²) in [6.45, 7) is 0.321. The van der Waals surface area contributed by atoms with E-state index in [4.69, 9.17) is 6.42 Å². The average Bonchev–Trinajstić information content (AvgIpc) is 2.85. The Hall–Kier alpha value is -1.93. The van der Waals surface area contributed by atoms with Gasteiger partial charge in [0.2, 0.25) is 5.91 Å². The molecular weight excluding hydrogens is 311 g/mol. The minimum atomic E-state index is -0.299. The zero-order valence-corrected chi connectivity index (χ0v) is 13.7. The van der Waals surface area contributed by atoms with Crippen LogP contribution in [-0.2, 0) is 11.3 Å². The van der Waals surface area contributed by atoms with E-state index in [2.05, 4.69) is 10.9 Å². The number of nitrogens with zero attached hydrogens (tertiary/aromatic N) is 2. The summed E-state index contributed by atoms with van der Waals surface area (Å²) in [6.07, 6.45) is 11.8. The minimum Gasteiger partial charge on any atom is -0.305 e. The van der Waals surface area contributed by atoms with Gasteiger partial charge in [-0.3, -0.25) is 4.79 Å². The van der Waals surface area contributed by atoms with Crippen LogP contribution in [0.1, 0.15) is 38.5 Å². The first-order valence-electron chi connectivity index (χ1n) is 7.97. The van der Waals surface area contributed by atoms with E-state index >= 15 is 0 Å². The number of thiazole rings is 1. The molecule has 0 spiro atoms. The van der Waals surface area contributed by atoms with Gasteiger partial charge in [0, 0.05) is 6.42 Å². The summed E-state index contributed by atoms with van der Waals surface area (Å²) in [5.41, 5.74) is 0.818. The van der Waals surface area contributed by atoms with Crippen LogP contribution in [0.25, 0.3) is 10.2 Å². The zero-order valence-electron chi connectivity index (χ0n) is 12.9. The maximum absolute atomic E-state index is 13.4. The number of hydrogen-bond acceptors (Lipinski definition) is 2. The van der Waals surface area contributed by atoms with E-state index in [1.165, 1.54) is 42.7 Å². The van der Waals surface area contributed by atoms with Crippen LogP contribution in [0.15, 0.2) is 23.2 Å². The van der Waals surface area contributed by atoms with Crippen LogP contribution in [0.5, 0.6) is 0 Å². The van der Waals surface area contributed by atoms with Crippen LogP contribution in [-0.4, -0.2) is 10.5 Å². The summed E-state index contributed by atoms with van der Waals surface area (Å²) in [7, 11) is 0. The fourth-order valence-electron chi connectivity index (χ4n) is 3.17. The van der Waals surface area contributed by atoms with Gasteiger partial charge in [-0.15, -0.1) is 6.42 Å². The number of halogens is 1. The average molecular weight is 330 g/mol. The molecule has 0 atom stereocenters. The van der Waals surface area contributed by atoms with Gasteiger partial charge < -0.3 is 4.57 Å². The number of benzene rings is 1. The molecule has 1 aliphatic carbocycles. The summed E-state index contributed by atoms with van der Waals surface area (Å²) in [4.78, 5) is 17.1. The van der Waals surface area contributed by atoms with Crippen LogP contribution >= 0.6 is 11.3 Å². The molecule has 3 nitrogen and oxygen atoms in total. The molecule has 3 rings (SSSR count). The van der Waals surface area contributed by atoms with E-state index in [-0.39, 0.29) is 11.7 Å². The predicted octanol–water partition coefficient (Wildman–Crippen LogP) is 3.87.